The number of carbonyl (C=O) groups excluding carboxylic acids is 2. The Morgan fingerprint density at radius 1 is 1.47 bits per heavy atom. The number of nitrogens with one attached hydrogen (secondary N) is 1. The van der Waals surface area contributed by atoms with E-state index in [2.05, 4.69) is 21.2 Å². The van der Waals surface area contributed by atoms with Crippen molar-refractivity contribution in [3.8, 4) is 0 Å². The molecule has 1 N–H and O–H groups in total. The first-order valence-corrected chi connectivity index (χ1v) is 7.70. The fourth-order valence-electron chi connectivity index (χ4n) is 1.28. The van der Waals surface area contributed by atoms with E-state index >= 15 is 0 Å². The Bertz CT molecular complexity index is 453. The molecule has 0 saturated heterocycles. The van der Waals surface area contributed by atoms with Gasteiger partial charge in [0.25, 0.3) is 0 Å². The number of thioether (sulfide) groups is 1. The molecule has 0 fully saturated rings. The van der Waals surface area contributed by atoms with Crippen LogP contribution in [0.2, 0.25) is 0 Å². The summed E-state index contributed by atoms with van der Waals surface area (Å²) in [6.45, 7) is 3.88. The molecule has 0 saturated carbocycles. The standard InChI is InChI=1S/C13H16BrNO3S/c1-3-18-12(16)8-19-9(2)13(17)15-11-6-4-5-10(14)7-11/h4-7,9H,3,8H2,1-2H3,(H,15,17). The Labute approximate surface area is 125 Å². The molecule has 1 rings (SSSR count). The van der Waals surface area contributed by atoms with E-state index < -0.39 is 0 Å². The van der Waals surface area contributed by atoms with E-state index in [9.17, 15) is 9.59 Å². The predicted molar refractivity (Wildman–Crippen MR) is 81.3 cm³/mol. The fourth-order valence-corrected chi connectivity index (χ4v) is 2.36. The van der Waals surface area contributed by atoms with Crippen molar-refractivity contribution in [3.05, 3.63) is 28.7 Å². The smallest absolute Gasteiger partial charge is 0.315 e. The Kier molecular flexibility index (Phi) is 6.94. The summed E-state index contributed by atoms with van der Waals surface area (Å²) in [5, 5.41) is 2.48. The van der Waals surface area contributed by atoms with E-state index in [0.717, 1.165) is 10.2 Å². The highest BCUT2D eigenvalue weighted by atomic mass is 79.9. The third kappa shape index (κ3) is 6.11. The van der Waals surface area contributed by atoms with Gasteiger partial charge in [-0.05, 0) is 32.0 Å². The summed E-state index contributed by atoms with van der Waals surface area (Å²) in [6.07, 6.45) is 0. The van der Waals surface area contributed by atoms with Crippen molar-refractivity contribution in [2.24, 2.45) is 0 Å². The molecule has 1 aromatic carbocycles. The van der Waals surface area contributed by atoms with Gasteiger partial charge in [0.1, 0.15) is 0 Å². The van der Waals surface area contributed by atoms with Gasteiger partial charge in [0.05, 0.1) is 17.6 Å². The molecule has 19 heavy (non-hydrogen) atoms. The van der Waals surface area contributed by atoms with Crippen LogP contribution in [0.1, 0.15) is 13.8 Å². The number of benzene rings is 1. The zero-order chi connectivity index (χ0) is 14.3. The van der Waals surface area contributed by atoms with Crippen LogP contribution in [0.3, 0.4) is 0 Å². The monoisotopic (exact) mass is 345 g/mol. The summed E-state index contributed by atoms with van der Waals surface area (Å²) in [5.74, 6) is -0.247. The molecule has 0 radical (unpaired) electrons. The number of ether oxygens (including phenoxy) is 1. The summed E-state index contributed by atoms with van der Waals surface area (Å²) in [6, 6.07) is 7.36. The number of hydrogen-bond acceptors (Lipinski definition) is 4. The second-order valence-corrected chi connectivity index (χ2v) is 6.00. The van der Waals surface area contributed by atoms with E-state index in [1.165, 1.54) is 11.8 Å². The van der Waals surface area contributed by atoms with Gasteiger partial charge in [-0.1, -0.05) is 22.0 Å². The van der Waals surface area contributed by atoms with Crippen LogP contribution in [-0.2, 0) is 14.3 Å². The van der Waals surface area contributed by atoms with E-state index in [1.807, 2.05) is 24.3 Å². The molecule has 1 atom stereocenters. The van der Waals surface area contributed by atoms with E-state index in [1.54, 1.807) is 13.8 Å². The fraction of sp³-hybridized carbons (Fsp3) is 0.385. The molecule has 1 aromatic rings. The molecule has 1 unspecified atom stereocenters. The zero-order valence-corrected chi connectivity index (χ0v) is 13.2. The summed E-state index contributed by atoms with van der Waals surface area (Å²) >= 11 is 4.60. The molecule has 0 aromatic heterocycles. The minimum atomic E-state index is -0.316. The maximum Gasteiger partial charge on any atom is 0.315 e. The van der Waals surface area contributed by atoms with Crippen LogP contribution < -0.4 is 5.32 Å². The lowest BCUT2D eigenvalue weighted by atomic mass is 10.3. The molecule has 6 heteroatoms. The maximum atomic E-state index is 11.9. The van der Waals surface area contributed by atoms with Crippen LogP contribution in [0.25, 0.3) is 0 Å². The maximum absolute atomic E-state index is 11.9. The lowest BCUT2D eigenvalue weighted by Gasteiger charge is -2.11. The van der Waals surface area contributed by atoms with Crippen LogP contribution in [0.4, 0.5) is 5.69 Å². The van der Waals surface area contributed by atoms with Crippen LogP contribution in [0, 0.1) is 0 Å². The zero-order valence-electron chi connectivity index (χ0n) is 10.8. The van der Waals surface area contributed by atoms with Crippen molar-refractivity contribution < 1.29 is 14.3 Å². The molecule has 0 bridgehead atoms. The molecular formula is C13H16BrNO3S. The third-order valence-corrected chi connectivity index (χ3v) is 3.83. The van der Waals surface area contributed by atoms with Gasteiger partial charge < -0.3 is 10.1 Å². The van der Waals surface area contributed by atoms with Gasteiger partial charge in [-0.3, -0.25) is 9.59 Å². The number of anilines is 1. The Hall–Kier alpha value is -1.01. The second-order valence-electron chi connectivity index (χ2n) is 3.76. The van der Waals surface area contributed by atoms with Crippen LogP contribution in [0.15, 0.2) is 28.7 Å². The Balaban J connectivity index is 2.42. The lowest BCUT2D eigenvalue weighted by molar-refractivity contribution is -0.139. The van der Waals surface area contributed by atoms with Crippen molar-refractivity contribution in [3.63, 3.8) is 0 Å². The quantitative estimate of drug-likeness (QED) is 0.805. The van der Waals surface area contributed by atoms with Gasteiger partial charge in [0.2, 0.25) is 5.91 Å². The van der Waals surface area contributed by atoms with Gasteiger partial charge in [-0.2, -0.15) is 0 Å². The SMILES string of the molecule is CCOC(=O)CSC(C)C(=O)Nc1cccc(Br)c1. The van der Waals surface area contributed by atoms with E-state index in [-0.39, 0.29) is 22.9 Å². The number of rotatable bonds is 6. The molecule has 0 spiro atoms. The first-order chi connectivity index (χ1) is 9.02. The van der Waals surface area contributed by atoms with Crippen molar-refractivity contribution in [1.29, 1.82) is 0 Å². The molecule has 0 aliphatic carbocycles. The number of esters is 1. The number of hydrogen-bond donors (Lipinski definition) is 1. The van der Waals surface area contributed by atoms with Gasteiger partial charge in [-0.15, -0.1) is 11.8 Å². The van der Waals surface area contributed by atoms with Gasteiger partial charge >= 0.3 is 5.97 Å². The summed E-state index contributed by atoms with van der Waals surface area (Å²) in [4.78, 5) is 23.1. The third-order valence-electron chi connectivity index (χ3n) is 2.22. The largest absolute Gasteiger partial charge is 0.465 e. The van der Waals surface area contributed by atoms with Gasteiger partial charge in [-0.25, -0.2) is 0 Å². The first-order valence-electron chi connectivity index (χ1n) is 5.86. The minimum absolute atomic E-state index is 0.132. The molecule has 0 aliphatic heterocycles. The summed E-state index contributed by atoms with van der Waals surface area (Å²) in [5.41, 5.74) is 0.725. The minimum Gasteiger partial charge on any atom is -0.465 e. The first kappa shape index (κ1) is 16.0. The van der Waals surface area contributed by atoms with Crippen molar-refractivity contribution in [2.75, 3.05) is 17.7 Å². The Morgan fingerprint density at radius 2 is 2.21 bits per heavy atom. The number of carbonyl (C=O) groups is 2. The van der Waals surface area contributed by atoms with Crippen molar-refractivity contribution >= 4 is 45.3 Å². The second kappa shape index (κ2) is 8.22. The average Bonchev–Trinajstić information content (AvgIpc) is 2.36. The highest BCUT2D eigenvalue weighted by molar-refractivity contribution is 9.10. The summed E-state index contributed by atoms with van der Waals surface area (Å²) in [7, 11) is 0. The molecule has 0 heterocycles. The van der Waals surface area contributed by atoms with Gasteiger partial charge in [0, 0.05) is 10.2 Å². The summed E-state index contributed by atoms with van der Waals surface area (Å²) < 4.78 is 5.71. The van der Waals surface area contributed by atoms with Crippen molar-refractivity contribution in [1.82, 2.24) is 0 Å². The number of amides is 1. The molecule has 4 nitrogen and oxygen atoms in total. The highest BCUT2D eigenvalue weighted by Crippen LogP contribution is 2.18. The predicted octanol–water partition coefficient (Wildman–Crippen LogP) is 3.07. The van der Waals surface area contributed by atoms with Crippen LogP contribution in [0.5, 0.6) is 0 Å². The molecule has 104 valence electrons. The lowest BCUT2D eigenvalue weighted by Crippen LogP contribution is -2.24. The normalized spacial score (nSPS) is 11.7. The molecule has 1 amide bonds. The highest BCUT2D eigenvalue weighted by Gasteiger charge is 2.15. The number of halogens is 1. The van der Waals surface area contributed by atoms with Crippen molar-refractivity contribution in [2.45, 2.75) is 19.1 Å². The van der Waals surface area contributed by atoms with Crippen LogP contribution in [-0.4, -0.2) is 29.5 Å². The molecular weight excluding hydrogens is 330 g/mol. The average molecular weight is 346 g/mol. The Morgan fingerprint density at radius 3 is 2.84 bits per heavy atom. The molecule has 0 aliphatic rings. The van der Waals surface area contributed by atoms with E-state index in [4.69, 9.17) is 4.74 Å². The topological polar surface area (TPSA) is 55.4 Å². The van der Waals surface area contributed by atoms with E-state index in [0.29, 0.717) is 6.61 Å². The van der Waals surface area contributed by atoms with Gasteiger partial charge in [0.15, 0.2) is 0 Å². The van der Waals surface area contributed by atoms with Crippen LogP contribution >= 0.6 is 27.7 Å².